The van der Waals surface area contributed by atoms with Gasteiger partial charge in [0.1, 0.15) is 0 Å². The molecule has 0 aromatic carbocycles. The first-order valence-electron chi connectivity index (χ1n) is 4.21. The molecule has 11 heavy (non-hydrogen) atoms. The SMILES string of the molecule is C=CC(N=CC)=C1CCCC1. The van der Waals surface area contributed by atoms with Crippen molar-refractivity contribution in [1.82, 2.24) is 0 Å². The van der Waals surface area contributed by atoms with E-state index in [4.69, 9.17) is 0 Å². The molecule has 0 aliphatic heterocycles. The fourth-order valence-corrected chi connectivity index (χ4v) is 1.49. The molecule has 1 fully saturated rings. The minimum Gasteiger partial charge on any atom is -0.262 e. The summed E-state index contributed by atoms with van der Waals surface area (Å²) in [5.74, 6) is 0. The Balaban J connectivity index is 2.78. The largest absolute Gasteiger partial charge is 0.262 e. The van der Waals surface area contributed by atoms with Gasteiger partial charge >= 0.3 is 0 Å². The number of allylic oxidation sites excluding steroid dienone is 2. The fraction of sp³-hybridized carbons (Fsp3) is 0.500. The van der Waals surface area contributed by atoms with Crippen LogP contribution in [0.4, 0.5) is 0 Å². The highest BCUT2D eigenvalue weighted by atomic mass is 14.7. The zero-order valence-electron chi connectivity index (χ0n) is 7.14. The molecule has 0 bridgehead atoms. The zero-order valence-corrected chi connectivity index (χ0v) is 7.14. The molecular formula is C10H15N. The maximum atomic E-state index is 4.26. The molecule has 0 radical (unpaired) electrons. The predicted molar refractivity (Wildman–Crippen MR) is 49.9 cm³/mol. The maximum absolute atomic E-state index is 4.26. The smallest absolute Gasteiger partial charge is 0.0611 e. The molecule has 0 atom stereocenters. The van der Waals surface area contributed by atoms with Crippen LogP contribution in [0.15, 0.2) is 28.9 Å². The van der Waals surface area contributed by atoms with Gasteiger partial charge in [-0.15, -0.1) is 0 Å². The molecule has 0 amide bonds. The average molecular weight is 149 g/mol. The first-order valence-corrected chi connectivity index (χ1v) is 4.21. The van der Waals surface area contributed by atoms with Gasteiger partial charge in [0, 0.05) is 6.21 Å². The molecule has 1 aliphatic rings. The van der Waals surface area contributed by atoms with Crippen LogP contribution in [-0.4, -0.2) is 6.21 Å². The molecule has 0 aromatic rings. The van der Waals surface area contributed by atoms with Crippen LogP contribution in [0.5, 0.6) is 0 Å². The van der Waals surface area contributed by atoms with Crippen LogP contribution in [0.2, 0.25) is 0 Å². The molecule has 0 aromatic heterocycles. The van der Waals surface area contributed by atoms with E-state index in [0.29, 0.717) is 0 Å². The van der Waals surface area contributed by atoms with Crippen LogP contribution in [0.25, 0.3) is 0 Å². The summed E-state index contributed by atoms with van der Waals surface area (Å²) in [5.41, 5.74) is 2.59. The van der Waals surface area contributed by atoms with Crippen LogP contribution in [-0.2, 0) is 0 Å². The van der Waals surface area contributed by atoms with Gasteiger partial charge in [-0.1, -0.05) is 6.58 Å². The van der Waals surface area contributed by atoms with Gasteiger partial charge in [-0.3, -0.25) is 4.99 Å². The predicted octanol–water partition coefficient (Wildman–Crippen LogP) is 3.09. The van der Waals surface area contributed by atoms with E-state index in [1.807, 2.05) is 19.2 Å². The van der Waals surface area contributed by atoms with Gasteiger partial charge in [-0.2, -0.15) is 0 Å². The van der Waals surface area contributed by atoms with E-state index in [-0.39, 0.29) is 0 Å². The summed E-state index contributed by atoms with van der Waals surface area (Å²) in [7, 11) is 0. The van der Waals surface area contributed by atoms with Gasteiger partial charge in [0.2, 0.25) is 0 Å². The standard InChI is InChI=1S/C10H15N/c1-3-10(11-4-2)9-7-5-6-8-9/h3-4H,1,5-8H2,2H3. The molecule has 0 N–H and O–H groups in total. The number of hydrogen-bond donors (Lipinski definition) is 0. The zero-order chi connectivity index (χ0) is 8.10. The third-order valence-electron chi connectivity index (χ3n) is 2.03. The Labute approximate surface area is 68.5 Å². The molecule has 1 heteroatoms. The summed E-state index contributed by atoms with van der Waals surface area (Å²) in [6.07, 6.45) is 8.79. The minimum absolute atomic E-state index is 1.10. The van der Waals surface area contributed by atoms with Crippen LogP contribution in [0.1, 0.15) is 32.6 Å². The summed E-state index contributed by atoms with van der Waals surface area (Å²) in [6.45, 7) is 5.70. The summed E-state index contributed by atoms with van der Waals surface area (Å²) in [6, 6.07) is 0. The molecular weight excluding hydrogens is 134 g/mol. The van der Waals surface area contributed by atoms with E-state index in [1.54, 1.807) is 0 Å². The van der Waals surface area contributed by atoms with Crippen molar-refractivity contribution in [3.8, 4) is 0 Å². The number of rotatable bonds is 2. The Morgan fingerprint density at radius 1 is 1.45 bits per heavy atom. The van der Waals surface area contributed by atoms with Crippen molar-refractivity contribution >= 4 is 6.21 Å². The Morgan fingerprint density at radius 3 is 2.55 bits per heavy atom. The Bertz CT molecular complexity index is 191. The van der Waals surface area contributed by atoms with Crippen LogP contribution in [0.3, 0.4) is 0 Å². The third-order valence-corrected chi connectivity index (χ3v) is 2.03. The molecule has 0 saturated heterocycles. The second-order valence-electron chi connectivity index (χ2n) is 2.79. The van der Waals surface area contributed by atoms with Crippen molar-refractivity contribution < 1.29 is 0 Å². The lowest BCUT2D eigenvalue weighted by molar-refractivity contribution is 0.886. The minimum atomic E-state index is 1.10. The fourth-order valence-electron chi connectivity index (χ4n) is 1.49. The summed E-state index contributed by atoms with van der Waals surface area (Å²) >= 11 is 0. The highest BCUT2D eigenvalue weighted by Crippen LogP contribution is 2.27. The summed E-state index contributed by atoms with van der Waals surface area (Å²) < 4.78 is 0. The molecule has 1 rings (SSSR count). The summed E-state index contributed by atoms with van der Waals surface area (Å²) in [5, 5.41) is 0. The lowest BCUT2D eigenvalue weighted by Crippen LogP contribution is -1.80. The van der Waals surface area contributed by atoms with Crippen molar-refractivity contribution in [2.75, 3.05) is 0 Å². The average Bonchev–Trinajstić information content (AvgIpc) is 2.52. The Hall–Kier alpha value is -0.850. The maximum Gasteiger partial charge on any atom is 0.0611 e. The Morgan fingerprint density at radius 2 is 2.09 bits per heavy atom. The van der Waals surface area contributed by atoms with Crippen molar-refractivity contribution in [3.63, 3.8) is 0 Å². The van der Waals surface area contributed by atoms with Gasteiger partial charge < -0.3 is 0 Å². The van der Waals surface area contributed by atoms with Crippen molar-refractivity contribution in [2.24, 2.45) is 4.99 Å². The van der Waals surface area contributed by atoms with Crippen LogP contribution in [0, 0.1) is 0 Å². The van der Waals surface area contributed by atoms with E-state index >= 15 is 0 Å². The monoisotopic (exact) mass is 149 g/mol. The van der Waals surface area contributed by atoms with Crippen molar-refractivity contribution in [1.29, 1.82) is 0 Å². The normalized spacial score (nSPS) is 17.7. The highest BCUT2D eigenvalue weighted by Gasteiger charge is 2.09. The molecule has 1 saturated carbocycles. The quantitative estimate of drug-likeness (QED) is 0.535. The second kappa shape index (κ2) is 4.12. The molecule has 0 unspecified atom stereocenters. The van der Waals surface area contributed by atoms with Crippen molar-refractivity contribution in [2.45, 2.75) is 32.6 Å². The third kappa shape index (κ3) is 2.04. The molecule has 0 heterocycles. The van der Waals surface area contributed by atoms with Gasteiger partial charge in [0.15, 0.2) is 0 Å². The molecule has 1 aliphatic carbocycles. The van der Waals surface area contributed by atoms with Crippen LogP contribution < -0.4 is 0 Å². The Kier molecular flexibility index (Phi) is 3.09. The van der Waals surface area contributed by atoms with E-state index in [2.05, 4.69) is 11.6 Å². The second-order valence-corrected chi connectivity index (χ2v) is 2.79. The number of aliphatic imine (C=N–C) groups is 1. The van der Waals surface area contributed by atoms with E-state index < -0.39 is 0 Å². The molecule has 1 nitrogen and oxygen atoms in total. The van der Waals surface area contributed by atoms with Gasteiger partial charge in [-0.25, -0.2) is 0 Å². The first kappa shape index (κ1) is 8.25. The first-order chi connectivity index (χ1) is 5.38. The van der Waals surface area contributed by atoms with Crippen LogP contribution >= 0.6 is 0 Å². The van der Waals surface area contributed by atoms with Gasteiger partial charge in [0.25, 0.3) is 0 Å². The molecule has 0 spiro atoms. The lowest BCUT2D eigenvalue weighted by Gasteiger charge is -1.98. The highest BCUT2D eigenvalue weighted by molar-refractivity contribution is 5.56. The topological polar surface area (TPSA) is 12.4 Å². The number of hydrogen-bond acceptors (Lipinski definition) is 1. The van der Waals surface area contributed by atoms with Gasteiger partial charge in [-0.05, 0) is 44.3 Å². The van der Waals surface area contributed by atoms with Gasteiger partial charge in [0.05, 0.1) is 5.70 Å². The van der Waals surface area contributed by atoms with Crippen molar-refractivity contribution in [3.05, 3.63) is 23.9 Å². The molecule has 60 valence electrons. The lowest BCUT2D eigenvalue weighted by atomic mass is 10.2. The summed E-state index contributed by atoms with van der Waals surface area (Å²) in [4.78, 5) is 4.26. The van der Waals surface area contributed by atoms with E-state index in [9.17, 15) is 0 Å². The number of nitrogens with zero attached hydrogens (tertiary/aromatic N) is 1. The van der Waals surface area contributed by atoms with E-state index in [1.165, 1.54) is 31.3 Å². The van der Waals surface area contributed by atoms with E-state index in [0.717, 1.165) is 5.70 Å².